The molecule has 0 radical (unpaired) electrons. The zero-order chi connectivity index (χ0) is 19.3. The summed E-state index contributed by atoms with van der Waals surface area (Å²) in [4.78, 5) is 14.9. The van der Waals surface area contributed by atoms with E-state index in [0.29, 0.717) is 18.4 Å². The second kappa shape index (κ2) is 6.40. The van der Waals surface area contributed by atoms with Crippen molar-refractivity contribution in [1.82, 2.24) is 0 Å². The Bertz CT molecular complexity index is 870. The second-order valence-corrected chi connectivity index (χ2v) is 9.47. The molecule has 27 heavy (non-hydrogen) atoms. The minimum Gasteiger partial charge on any atom is -0.364 e. The van der Waals surface area contributed by atoms with Crippen LogP contribution in [0.4, 0.5) is 11.4 Å². The number of benzene rings is 2. The van der Waals surface area contributed by atoms with Gasteiger partial charge in [0.05, 0.1) is 6.04 Å². The van der Waals surface area contributed by atoms with Gasteiger partial charge in [-0.15, -0.1) is 0 Å². The van der Waals surface area contributed by atoms with Gasteiger partial charge < -0.3 is 10.2 Å². The average Bonchev–Trinajstić information content (AvgIpc) is 3.16. The Morgan fingerprint density at radius 2 is 1.74 bits per heavy atom. The minimum atomic E-state index is -0.00594. The van der Waals surface area contributed by atoms with E-state index in [2.05, 4.69) is 81.2 Å². The summed E-state index contributed by atoms with van der Waals surface area (Å²) in [7, 11) is 0. The topological polar surface area (TPSA) is 32.3 Å². The molecule has 3 nitrogen and oxygen atoms in total. The maximum absolute atomic E-state index is 12.4. The van der Waals surface area contributed by atoms with Gasteiger partial charge in [0.2, 0.25) is 5.91 Å². The fraction of sp³-hybridized carbons (Fsp3) is 0.458. The van der Waals surface area contributed by atoms with E-state index < -0.39 is 0 Å². The van der Waals surface area contributed by atoms with Crippen molar-refractivity contribution in [2.75, 3.05) is 16.8 Å². The summed E-state index contributed by atoms with van der Waals surface area (Å²) in [5, 5.41) is 3.14. The highest BCUT2D eigenvalue weighted by Gasteiger charge is 2.42. The fourth-order valence-electron chi connectivity index (χ4n) is 4.80. The van der Waals surface area contributed by atoms with Gasteiger partial charge in [-0.3, -0.25) is 4.79 Å². The van der Waals surface area contributed by atoms with Crippen LogP contribution in [0.25, 0.3) is 0 Å². The van der Waals surface area contributed by atoms with Crippen LogP contribution in [-0.4, -0.2) is 12.5 Å². The minimum absolute atomic E-state index is 0.00594. The number of rotatable bonds is 3. The number of anilines is 2. The molecule has 2 aromatic rings. The van der Waals surface area contributed by atoms with E-state index in [1.54, 1.807) is 5.56 Å². The molecule has 1 heterocycles. The fourth-order valence-corrected chi connectivity index (χ4v) is 4.80. The normalized spacial score (nSPS) is 20.7. The Labute approximate surface area is 162 Å². The first kappa shape index (κ1) is 18.1. The summed E-state index contributed by atoms with van der Waals surface area (Å²) in [6, 6.07) is 13.9. The smallest absolute Gasteiger partial charge is 0.224 e. The SMILES string of the molecule is Cc1cc(N2CC3CC2c2ccccc23)cc(C)c1NC(=O)CC(C)(C)C. The van der Waals surface area contributed by atoms with E-state index in [1.165, 1.54) is 17.7 Å². The lowest BCUT2D eigenvalue weighted by Crippen LogP contribution is -2.27. The van der Waals surface area contributed by atoms with E-state index in [9.17, 15) is 4.79 Å². The van der Waals surface area contributed by atoms with Gasteiger partial charge in [0.1, 0.15) is 0 Å². The molecule has 0 saturated carbocycles. The number of aryl methyl sites for hydroxylation is 2. The summed E-state index contributed by atoms with van der Waals surface area (Å²) in [5.74, 6) is 0.744. The molecule has 2 atom stereocenters. The van der Waals surface area contributed by atoms with Crippen LogP contribution in [0.1, 0.15) is 67.8 Å². The van der Waals surface area contributed by atoms with Crippen molar-refractivity contribution in [2.24, 2.45) is 5.41 Å². The Hall–Kier alpha value is -2.29. The Morgan fingerprint density at radius 1 is 1.11 bits per heavy atom. The molecule has 2 unspecified atom stereocenters. The van der Waals surface area contributed by atoms with Gasteiger partial charge in [0.25, 0.3) is 0 Å². The van der Waals surface area contributed by atoms with Crippen LogP contribution in [-0.2, 0) is 4.79 Å². The van der Waals surface area contributed by atoms with E-state index in [-0.39, 0.29) is 11.3 Å². The monoisotopic (exact) mass is 362 g/mol. The summed E-state index contributed by atoms with van der Waals surface area (Å²) < 4.78 is 0. The third-order valence-electron chi connectivity index (χ3n) is 5.90. The van der Waals surface area contributed by atoms with Crippen molar-refractivity contribution < 1.29 is 4.79 Å². The Kier molecular flexibility index (Phi) is 4.29. The number of fused-ring (bicyclic) bond motifs is 5. The van der Waals surface area contributed by atoms with Crippen LogP contribution >= 0.6 is 0 Å². The molecule has 142 valence electrons. The predicted octanol–water partition coefficient (Wildman–Crippen LogP) is 5.73. The molecule has 1 N–H and O–H groups in total. The highest BCUT2D eigenvalue weighted by molar-refractivity contribution is 5.93. The molecule has 0 aromatic heterocycles. The molecular formula is C24H30N2O. The summed E-state index contributed by atoms with van der Waals surface area (Å²) in [5.41, 5.74) is 7.56. The average molecular weight is 363 g/mol. The molecule has 1 saturated heterocycles. The quantitative estimate of drug-likeness (QED) is 0.756. The molecule has 4 rings (SSSR count). The van der Waals surface area contributed by atoms with Crippen molar-refractivity contribution in [3.8, 4) is 0 Å². The molecule has 2 bridgehead atoms. The summed E-state index contributed by atoms with van der Waals surface area (Å²) in [6.07, 6.45) is 1.75. The maximum Gasteiger partial charge on any atom is 0.224 e. The summed E-state index contributed by atoms with van der Waals surface area (Å²) in [6.45, 7) is 11.6. The van der Waals surface area contributed by atoms with Crippen LogP contribution in [0.5, 0.6) is 0 Å². The highest BCUT2D eigenvalue weighted by atomic mass is 16.1. The van der Waals surface area contributed by atoms with Crippen molar-refractivity contribution in [3.63, 3.8) is 0 Å². The number of nitrogens with zero attached hydrogens (tertiary/aromatic N) is 1. The third kappa shape index (κ3) is 3.36. The zero-order valence-corrected chi connectivity index (χ0v) is 17.1. The van der Waals surface area contributed by atoms with Crippen molar-refractivity contribution in [1.29, 1.82) is 0 Å². The van der Waals surface area contributed by atoms with Gasteiger partial charge in [0.15, 0.2) is 0 Å². The molecule has 3 heteroatoms. The van der Waals surface area contributed by atoms with E-state index in [4.69, 9.17) is 0 Å². The van der Waals surface area contributed by atoms with Gasteiger partial charge in [-0.05, 0) is 60.1 Å². The van der Waals surface area contributed by atoms with E-state index in [0.717, 1.165) is 23.4 Å². The number of nitrogens with one attached hydrogen (secondary N) is 1. The zero-order valence-electron chi connectivity index (χ0n) is 17.1. The molecule has 2 aliphatic rings. The van der Waals surface area contributed by atoms with Gasteiger partial charge >= 0.3 is 0 Å². The summed E-state index contributed by atoms with van der Waals surface area (Å²) >= 11 is 0. The van der Waals surface area contributed by atoms with Gasteiger partial charge in [-0.25, -0.2) is 0 Å². The number of carbonyl (C=O) groups excluding carboxylic acids is 1. The van der Waals surface area contributed by atoms with Gasteiger partial charge in [-0.2, -0.15) is 0 Å². The maximum atomic E-state index is 12.4. The molecule has 1 fully saturated rings. The van der Waals surface area contributed by atoms with Crippen molar-refractivity contribution in [2.45, 2.75) is 59.4 Å². The number of amides is 1. The number of carbonyl (C=O) groups is 1. The lowest BCUT2D eigenvalue weighted by atomic mass is 9.92. The van der Waals surface area contributed by atoms with Crippen LogP contribution < -0.4 is 10.2 Å². The van der Waals surface area contributed by atoms with Crippen molar-refractivity contribution in [3.05, 3.63) is 58.7 Å². The Balaban J connectivity index is 1.58. The van der Waals surface area contributed by atoms with E-state index in [1.807, 2.05) is 0 Å². The lowest BCUT2D eigenvalue weighted by molar-refractivity contribution is -0.117. The van der Waals surface area contributed by atoms with Crippen LogP contribution in [0.2, 0.25) is 0 Å². The first-order chi connectivity index (χ1) is 12.7. The van der Waals surface area contributed by atoms with Gasteiger partial charge in [-0.1, -0.05) is 45.0 Å². The van der Waals surface area contributed by atoms with Crippen LogP contribution in [0.15, 0.2) is 36.4 Å². The standard InChI is InChI=1S/C24H30N2O/c1-15-10-18(11-16(2)23(15)25-22(27)13-24(3,4)5)26-14-17-12-21(26)20-9-7-6-8-19(17)20/h6-11,17,21H,12-14H2,1-5H3,(H,25,27). The largest absolute Gasteiger partial charge is 0.364 e. The first-order valence-electron chi connectivity index (χ1n) is 9.99. The predicted molar refractivity (Wildman–Crippen MR) is 113 cm³/mol. The van der Waals surface area contributed by atoms with Gasteiger partial charge in [0, 0.05) is 30.3 Å². The third-order valence-corrected chi connectivity index (χ3v) is 5.90. The van der Waals surface area contributed by atoms with E-state index >= 15 is 0 Å². The molecule has 1 aliphatic carbocycles. The highest BCUT2D eigenvalue weighted by Crippen LogP contribution is 2.51. The van der Waals surface area contributed by atoms with Crippen LogP contribution in [0, 0.1) is 19.3 Å². The Morgan fingerprint density at radius 3 is 2.37 bits per heavy atom. The van der Waals surface area contributed by atoms with Crippen LogP contribution in [0.3, 0.4) is 0 Å². The molecule has 2 aromatic carbocycles. The van der Waals surface area contributed by atoms with Crippen molar-refractivity contribution >= 4 is 17.3 Å². The first-order valence-corrected chi connectivity index (χ1v) is 9.99. The molecule has 1 amide bonds. The number of hydrogen-bond acceptors (Lipinski definition) is 2. The lowest BCUT2D eigenvalue weighted by Gasteiger charge is -2.32. The molecular weight excluding hydrogens is 332 g/mol. The second-order valence-electron chi connectivity index (χ2n) is 9.47. The number of hydrogen-bond donors (Lipinski definition) is 1. The molecule has 0 spiro atoms. The molecule has 1 aliphatic heterocycles.